The first-order chi connectivity index (χ1) is 12.6. The number of carbonyl (C=O) groups excluding carboxylic acids is 2. The Hall–Kier alpha value is -2.66. The number of methoxy groups -OCH3 is 1. The minimum absolute atomic E-state index is 0.193. The van der Waals surface area contributed by atoms with Gasteiger partial charge in [0.05, 0.1) is 5.92 Å². The first-order valence-electron chi connectivity index (χ1n) is 8.80. The van der Waals surface area contributed by atoms with Gasteiger partial charge in [0.15, 0.2) is 0 Å². The van der Waals surface area contributed by atoms with Crippen molar-refractivity contribution in [2.75, 3.05) is 20.3 Å². The lowest BCUT2D eigenvalue weighted by atomic mass is 9.90. The summed E-state index contributed by atoms with van der Waals surface area (Å²) < 4.78 is 4.96. The predicted molar refractivity (Wildman–Crippen MR) is 102 cm³/mol. The van der Waals surface area contributed by atoms with Gasteiger partial charge in [0.1, 0.15) is 6.04 Å². The zero-order chi connectivity index (χ0) is 18.8. The number of hydrogen-bond donors (Lipinski definition) is 2. The second-order valence-electron chi connectivity index (χ2n) is 6.12. The molecule has 0 saturated carbocycles. The largest absolute Gasteiger partial charge is 0.385 e. The van der Waals surface area contributed by atoms with Gasteiger partial charge < -0.3 is 15.4 Å². The van der Waals surface area contributed by atoms with Gasteiger partial charge in [-0.3, -0.25) is 9.59 Å². The zero-order valence-electron chi connectivity index (χ0n) is 15.3. The molecule has 138 valence electrons. The number of rotatable bonds is 9. The SMILES string of the molecule is COCCCNC(=O)[C@H](C)NC(=O)C(c1ccccc1)c1ccccc1. The quantitative estimate of drug-likeness (QED) is 0.680. The second kappa shape index (κ2) is 10.4. The summed E-state index contributed by atoms with van der Waals surface area (Å²) in [5.74, 6) is -0.850. The third-order valence-electron chi connectivity index (χ3n) is 4.10. The summed E-state index contributed by atoms with van der Waals surface area (Å²) in [4.78, 5) is 25.1. The van der Waals surface area contributed by atoms with E-state index in [9.17, 15) is 9.59 Å². The standard InChI is InChI=1S/C21H26N2O3/c1-16(20(24)22-14-9-15-26-2)23-21(25)19(17-10-5-3-6-11-17)18-12-7-4-8-13-18/h3-8,10-13,16,19H,9,14-15H2,1-2H3,(H,22,24)(H,23,25)/t16-/m0/s1. The molecule has 0 aliphatic rings. The summed E-state index contributed by atoms with van der Waals surface area (Å²) in [6.07, 6.45) is 0.736. The molecule has 0 fully saturated rings. The maximum Gasteiger partial charge on any atom is 0.242 e. The fraction of sp³-hybridized carbons (Fsp3) is 0.333. The molecule has 0 aromatic heterocycles. The Morgan fingerprint density at radius 1 is 0.923 bits per heavy atom. The molecule has 0 aliphatic carbocycles. The van der Waals surface area contributed by atoms with E-state index in [1.54, 1.807) is 14.0 Å². The van der Waals surface area contributed by atoms with E-state index in [1.807, 2.05) is 60.7 Å². The average molecular weight is 354 g/mol. The Kier molecular flexibility index (Phi) is 7.83. The molecule has 0 bridgehead atoms. The Morgan fingerprint density at radius 3 is 1.96 bits per heavy atom. The van der Waals surface area contributed by atoms with Crippen molar-refractivity contribution < 1.29 is 14.3 Å². The van der Waals surface area contributed by atoms with E-state index in [-0.39, 0.29) is 11.8 Å². The molecule has 0 aliphatic heterocycles. The number of benzene rings is 2. The Labute approximate surface area is 154 Å². The van der Waals surface area contributed by atoms with E-state index in [0.717, 1.165) is 17.5 Å². The molecule has 5 nitrogen and oxygen atoms in total. The molecule has 5 heteroatoms. The molecule has 0 unspecified atom stereocenters. The van der Waals surface area contributed by atoms with Crippen LogP contribution in [0.25, 0.3) is 0 Å². The van der Waals surface area contributed by atoms with Gasteiger partial charge in [-0.15, -0.1) is 0 Å². The lowest BCUT2D eigenvalue weighted by molar-refractivity contribution is -0.128. The van der Waals surface area contributed by atoms with Crippen LogP contribution < -0.4 is 10.6 Å². The first-order valence-corrected chi connectivity index (χ1v) is 8.80. The summed E-state index contributed by atoms with van der Waals surface area (Å²) in [6.45, 7) is 2.80. The molecular formula is C21H26N2O3. The second-order valence-corrected chi connectivity index (χ2v) is 6.12. The molecule has 0 heterocycles. The highest BCUT2D eigenvalue weighted by Crippen LogP contribution is 2.24. The fourth-order valence-electron chi connectivity index (χ4n) is 2.73. The van der Waals surface area contributed by atoms with Crippen molar-refractivity contribution in [1.29, 1.82) is 0 Å². The van der Waals surface area contributed by atoms with Gasteiger partial charge in [-0.1, -0.05) is 60.7 Å². The van der Waals surface area contributed by atoms with Gasteiger partial charge in [-0.2, -0.15) is 0 Å². The van der Waals surface area contributed by atoms with E-state index in [4.69, 9.17) is 4.74 Å². The van der Waals surface area contributed by atoms with Crippen molar-refractivity contribution in [1.82, 2.24) is 10.6 Å². The van der Waals surface area contributed by atoms with Crippen molar-refractivity contribution in [3.63, 3.8) is 0 Å². The third kappa shape index (κ3) is 5.70. The Bertz CT molecular complexity index is 649. The van der Waals surface area contributed by atoms with E-state index < -0.39 is 12.0 Å². The Morgan fingerprint density at radius 2 is 1.46 bits per heavy atom. The van der Waals surface area contributed by atoms with E-state index in [2.05, 4.69) is 10.6 Å². The van der Waals surface area contributed by atoms with E-state index in [1.165, 1.54) is 0 Å². The van der Waals surface area contributed by atoms with Crippen molar-refractivity contribution in [3.8, 4) is 0 Å². The predicted octanol–water partition coefficient (Wildman–Crippen LogP) is 2.48. The summed E-state index contributed by atoms with van der Waals surface area (Å²) in [5, 5.41) is 5.64. The number of ether oxygens (including phenoxy) is 1. The van der Waals surface area contributed by atoms with Gasteiger partial charge >= 0.3 is 0 Å². The van der Waals surface area contributed by atoms with Gasteiger partial charge in [0, 0.05) is 20.3 Å². The molecule has 2 rings (SSSR count). The lowest BCUT2D eigenvalue weighted by Crippen LogP contribution is -2.46. The summed E-state index contributed by atoms with van der Waals surface area (Å²) in [7, 11) is 1.62. The van der Waals surface area contributed by atoms with Crippen LogP contribution in [0.2, 0.25) is 0 Å². The molecule has 2 aromatic carbocycles. The van der Waals surface area contributed by atoms with Crippen molar-refractivity contribution in [3.05, 3.63) is 71.8 Å². The van der Waals surface area contributed by atoms with Crippen LogP contribution in [-0.4, -0.2) is 38.1 Å². The maximum atomic E-state index is 12.9. The highest BCUT2D eigenvalue weighted by molar-refractivity contribution is 5.92. The molecule has 0 saturated heterocycles. The molecule has 0 radical (unpaired) electrons. The van der Waals surface area contributed by atoms with Gasteiger partial charge in [0.2, 0.25) is 11.8 Å². The van der Waals surface area contributed by atoms with Crippen LogP contribution in [0.3, 0.4) is 0 Å². The maximum absolute atomic E-state index is 12.9. The zero-order valence-corrected chi connectivity index (χ0v) is 15.3. The summed E-state index contributed by atoms with van der Waals surface area (Å²) >= 11 is 0. The smallest absolute Gasteiger partial charge is 0.242 e. The normalized spacial score (nSPS) is 11.8. The van der Waals surface area contributed by atoms with Crippen LogP contribution >= 0.6 is 0 Å². The van der Waals surface area contributed by atoms with Crippen LogP contribution in [0.15, 0.2) is 60.7 Å². The van der Waals surface area contributed by atoms with Gasteiger partial charge in [-0.05, 0) is 24.5 Å². The fourth-order valence-corrected chi connectivity index (χ4v) is 2.73. The topological polar surface area (TPSA) is 67.4 Å². The summed E-state index contributed by atoms with van der Waals surface area (Å²) in [6, 6.07) is 18.5. The molecule has 0 spiro atoms. The molecule has 2 aromatic rings. The van der Waals surface area contributed by atoms with Gasteiger partial charge in [0.25, 0.3) is 0 Å². The average Bonchev–Trinajstić information content (AvgIpc) is 2.67. The van der Waals surface area contributed by atoms with Crippen LogP contribution in [0.1, 0.15) is 30.4 Å². The number of carbonyl (C=O) groups is 2. The van der Waals surface area contributed by atoms with Crippen LogP contribution in [0.5, 0.6) is 0 Å². The monoisotopic (exact) mass is 354 g/mol. The van der Waals surface area contributed by atoms with Crippen LogP contribution in [0, 0.1) is 0 Å². The lowest BCUT2D eigenvalue weighted by Gasteiger charge is -2.21. The van der Waals surface area contributed by atoms with E-state index in [0.29, 0.717) is 13.2 Å². The van der Waals surface area contributed by atoms with Crippen LogP contribution in [-0.2, 0) is 14.3 Å². The highest BCUT2D eigenvalue weighted by Gasteiger charge is 2.25. The number of amides is 2. The van der Waals surface area contributed by atoms with Gasteiger partial charge in [-0.25, -0.2) is 0 Å². The highest BCUT2D eigenvalue weighted by atomic mass is 16.5. The first kappa shape index (κ1) is 19.7. The number of hydrogen-bond acceptors (Lipinski definition) is 3. The molecule has 2 N–H and O–H groups in total. The van der Waals surface area contributed by atoms with E-state index >= 15 is 0 Å². The van der Waals surface area contributed by atoms with Crippen LogP contribution in [0.4, 0.5) is 0 Å². The van der Waals surface area contributed by atoms with Crippen molar-refractivity contribution >= 4 is 11.8 Å². The molecule has 2 amide bonds. The molecule has 26 heavy (non-hydrogen) atoms. The third-order valence-corrected chi connectivity index (χ3v) is 4.10. The van der Waals surface area contributed by atoms with Crippen molar-refractivity contribution in [2.45, 2.75) is 25.3 Å². The Balaban J connectivity index is 2.06. The minimum atomic E-state index is -0.611. The molecule has 1 atom stereocenters. The number of nitrogens with one attached hydrogen (secondary N) is 2. The van der Waals surface area contributed by atoms with Crippen molar-refractivity contribution in [2.24, 2.45) is 0 Å². The summed E-state index contributed by atoms with van der Waals surface area (Å²) in [5.41, 5.74) is 1.79. The minimum Gasteiger partial charge on any atom is -0.385 e. The molecular weight excluding hydrogens is 328 g/mol.